The molecule has 1 N–H and O–H groups in total. The van der Waals surface area contributed by atoms with E-state index in [0.29, 0.717) is 12.2 Å². The summed E-state index contributed by atoms with van der Waals surface area (Å²) in [5.74, 6) is 0.687. The molecule has 2 nitrogen and oxygen atoms in total. The van der Waals surface area contributed by atoms with Crippen LogP contribution in [0.4, 0.5) is 0 Å². The van der Waals surface area contributed by atoms with Crippen LogP contribution < -0.4 is 0 Å². The predicted octanol–water partition coefficient (Wildman–Crippen LogP) is 3.37. The highest BCUT2D eigenvalue weighted by atomic mass is 16.5. The molecule has 0 saturated heterocycles. The minimum absolute atomic E-state index is 0.102. The van der Waals surface area contributed by atoms with Crippen LogP contribution in [0, 0.1) is 0 Å². The smallest absolute Gasteiger partial charge is 0.126 e. The lowest BCUT2D eigenvalue weighted by molar-refractivity contribution is 0.0193. The topological polar surface area (TPSA) is 29.5 Å². The van der Waals surface area contributed by atoms with Gasteiger partial charge in [-0.05, 0) is 26.8 Å². The van der Waals surface area contributed by atoms with Crippen molar-refractivity contribution in [3.05, 3.63) is 48.8 Å². The normalized spacial score (nSPS) is 13.5. The van der Waals surface area contributed by atoms with Crippen LogP contribution in [0.15, 0.2) is 48.8 Å². The zero-order chi connectivity index (χ0) is 12.6. The lowest BCUT2D eigenvalue weighted by atomic mass is 10.1. The van der Waals surface area contributed by atoms with Crippen LogP contribution in [0.5, 0.6) is 0 Å². The summed E-state index contributed by atoms with van der Waals surface area (Å²) in [5.41, 5.74) is 0.484. The second-order valence-corrected chi connectivity index (χ2v) is 4.06. The molecule has 0 aromatic rings. The molecule has 16 heavy (non-hydrogen) atoms. The molecule has 0 amide bonds. The predicted molar refractivity (Wildman–Crippen MR) is 69.1 cm³/mol. The molecule has 0 bridgehead atoms. The zero-order valence-corrected chi connectivity index (χ0v) is 10.5. The third-order valence-corrected chi connectivity index (χ3v) is 2.14. The highest BCUT2D eigenvalue weighted by Gasteiger charge is 2.19. The van der Waals surface area contributed by atoms with Crippen LogP contribution in [0.1, 0.15) is 27.2 Å². The van der Waals surface area contributed by atoms with Gasteiger partial charge < -0.3 is 9.84 Å². The van der Waals surface area contributed by atoms with Crippen LogP contribution in [0.3, 0.4) is 0 Å². The second kappa shape index (κ2) is 7.07. The van der Waals surface area contributed by atoms with Gasteiger partial charge in [-0.3, -0.25) is 0 Å². The van der Waals surface area contributed by atoms with Gasteiger partial charge in [-0.1, -0.05) is 31.4 Å². The minimum Gasteiger partial charge on any atom is -0.487 e. The molecule has 0 rings (SSSR count). The molecule has 0 atom stereocenters. The van der Waals surface area contributed by atoms with Gasteiger partial charge in [0, 0.05) is 18.6 Å². The van der Waals surface area contributed by atoms with Crippen LogP contribution in [0.2, 0.25) is 0 Å². The molecule has 0 aliphatic carbocycles. The number of hydrogen-bond acceptors (Lipinski definition) is 2. The molecule has 0 aliphatic heterocycles. The van der Waals surface area contributed by atoms with Crippen molar-refractivity contribution in [1.29, 1.82) is 0 Å². The Kier molecular flexibility index (Phi) is 6.50. The molecule has 0 radical (unpaired) electrons. The Hall–Kier alpha value is -1.28. The largest absolute Gasteiger partial charge is 0.487 e. The van der Waals surface area contributed by atoms with Crippen LogP contribution in [0.25, 0.3) is 0 Å². The molecule has 0 unspecified atom stereocenters. The number of allylic oxidation sites excluding steroid dienone is 5. The summed E-state index contributed by atoms with van der Waals surface area (Å²) < 4.78 is 5.81. The summed E-state index contributed by atoms with van der Waals surface area (Å²) in [6.07, 6.45) is 7.80. The van der Waals surface area contributed by atoms with E-state index in [0.717, 1.165) is 5.57 Å². The van der Waals surface area contributed by atoms with Gasteiger partial charge in [-0.25, -0.2) is 0 Å². The monoisotopic (exact) mass is 222 g/mol. The van der Waals surface area contributed by atoms with E-state index >= 15 is 0 Å². The first-order chi connectivity index (χ1) is 7.50. The Bertz CT molecular complexity index is 296. The van der Waals surface area contributed by atoms with E-state index in [2.05, 4.69) is 13.2 Å². The third-order valence-electron chi connectivity index (χ3n) is 2.14. The first-order valence-electron chi connectivity index (χ1n) is 5.42. The Morgan fingerprint density at radius 3 is 2.31 bits per heavy atom. The number of ether oxygens (including phenoxy) is 1. The van der Waals surface area contributed by atoms with Crippen molar-refractivity contribution in [2.24, 2.45) is 0 Å². The van der Waals surface area contributed by atoms with Gasteiger partial charge in [-0.2, -0.15) is 0 Å². The summed E-state index contributed by atoms with van der Waals surface area (Å²) in [4.78, 5) is 0. The van der Waals surface area contributed by atoms with Gasteiger partial charge in [0.1, 0.15) is 11.4 Å². The van der Waals surface area contributed by atoms with Crippen LogP contribution >= 0.6 is 0 Å². The van der Waals surface area contributed by atoms with Gasteiger partial charge in [0.25, 0.3) is 0 Å². The van der Waals surface area contributed by atoms with E-state index in [4.69, 9.17) is 9.84 Å². The molecule has 0 heterocycles. The summed E-state index contributed by atoms with van der Waals surface area (Å²) in [5, 5.41) is 8.93. The molecular weight excluding hydrogens is 200 g/mol. The Morgan fingerprint density at radius 2 is 1.94 bits per heavy atom. The molecule has 2 heteroatoms. The molecule has 90 valence electrons. The number of aliphatic hydroxyl groups is 1. The average Bonchev–Trinajstić information content (AvgIpc) is 2.23. The van der Waals surface area contributed by atoms with E-state index < -0.39 is 5.60 Å². The van der Waals surface area contributed by atoms with E-state index in [1.807, 2.05) is 32.9 Å². The van der Waals surface area contributed by atoms with E-state index in [1.165, 1.54) is 0 Å². The maximum atomic E-state index is 8.93. The maximum absolute atomic E-state index is 8.93. The average molecular weight is 222 g/mol. The molecule has 0 saturated carbocycles. The SMILES string of the molecule is C=CC(/C=C/C)=C(\C=C)OC(C)(C)CCO. The molecule has 0 aliphatic rings. The van der Waals surface area contributed by atoms with E-state index in [-0.39, 0.29) is 6.61 Å². The number of aliphatic hydroxyl groups excluding tert-OH is 1. The van der Waals surface area contributed by atoms with Gasteiger partial charge >= 0.3 is 0 Å². The Morgan fingerprint density at radius 1 is 1.31 bits per heavy atom. The zero-order valence-electron chi connectivity index (χ0n) is 10.5. The Labute approximate surface area is 98.6 Å². The standard InChI is InChI=1S/C14H22O2/c1-6-9-12(7-2)13(8-3)16-14(4,5)10-11-15/h6-9,15H,2-3,10-11H2,1,4-5H3/b9-6+,13-12-. The molecule has 0 spiro atoms. The van der Waals surface area contributed by atoms with Gasteiger partial charge in [0.15, 0.2) is 0 Å². The first-order valence-corrected chi connectivity index (χ1v) is 5.42. The third kappa shape index (κ3) is 4.99. The van der Waals surface area contributed by atoms with Crippen molar-refractivity contribution in [2.45, 2.75) is 32.8 Å². The quantitative estimate of drug-likeness (QED) is 0.528. The van der Waals surface area contributed by atoms with Gasteiger partial charge in [0.05, 0.1) is 0 Å². The second-order valence-electron chi connectivity index (χ2n) is 4.06. The lowest BCUT2D eigenvalue weighted by Crippen LogP contribution is -2.25. The van der Waals surface area contributed by atoms with Gasteiger partial charge in [0.2, 0.25) is 0 Å². The highest BCUT2D eigenvalue weighted by Crippen LogP contribution is 2.22. The summed E-state index contributed by atoms with van der Waals surface area (Å²) in [7, 11) is 0. The molecule has 0 aromatic carbocycles. The Balaban J connectivity index is 4.99. The van der Waals surface area contributed by atoms with Crippen LogP contribution in [-0.2, 0) is 4.74 Å². The van der Waals surface area contributed by atoms with Crippen molar-refractivity contribution < 1.29 is 9.84 Å². The van der Waals surface area contributed by atoms with Crippen molar-refractivity contribution in [3.8, 4) is 0 Å². The first kappa shape index (κ1) is 14.7. The van der Waals surface area contributed by atoms with Gasteiger partial charge in [-0.15, -0.1) is 0 Å². The molecular formula is C14H22O2. The molecule has 0 fully saturated rings. The van der Waals surface area contributed by atoms with Crippen molar-refractivity contribution >= 4 is 0 Å². The minimum atomic E-state index is -0.409. The summed E-state index contributed by atoms with van der Waals surface area (Å²) in [6.45, 7) is 13.4. The molecule has 0 aromatic heterocycles. The van der Waals surface area contributed by atoms with Crippen molar-refractivity contribution in [3.63, 3.8) is 0 Å². The van der Waals surface area contributed by atoms with Crippen LogP contribution in [-0.4, -0.2) is 17.3 Å². The summed E-state index contributed by atoms with van der Waals surface area (Å²) >= 11 is 0. The number of hydrogen-bond donors (Lipinski definition) is 1. The fourth-order valence-corrected chi connectivity index (χ4v) is 1.27. The highest BCUT2D eigenvalue weighted by molar-refractivity contribution is 5.36. The fraction of sp³-hybridized carbons (Fsp3) is 0.429. The lowest BCUT2D eigenvalue weighted by Gasteiger charge is -2.27. The number of rotatable bonds is 7. The fourth-order valence-electron chi connectivity index (χ4n) is 1.27. The van der Waals surface area contributed by atoms with E-state index in [1.54, 1.807) is 12.2 Å². The van der Waals surface area contributed by atoms with Crippen molar-refractivity contribution in [1.82, 2.24) is 0 Å². The maximum Gasteiger partial charge on any atom is 0.126 e. The van der Waals surface area contributed by atoms with Crippen molar-refractivity contribution in [2.75, 3.05) is 6.61 Å². The van der Waals surface area contributed by atoms with E-state index in [9.17, 15) is 0 Å². The summed E-state index contributed by atoms with van der Waals surface area (Å²) in [6, 6.07) is 0.